The third kappa shape index (κ3) is 4.26. The number of nitrogens with two attached hydrogens (primary N) is 3. The van der Waals surface area contributed by atoms with Gasteiger partial charge in [0.15, 0.2) is 11.4 Å². The molecule has 1 saturated carbocycles. The molecule has 1 aromatic rings. The summed E-state index contributed by atoms with van der Waals surface area (Å²) in [5.41, 5.74) is 14.7. The van der Waals surface area contributed by atoms with E-state index in [0.29, 0.717) is 23.4 Å². The molecule has 11 N–H and O–H groups in total. The number of benzene rings is 1. The molecule has 0 radical (unpaired) electrons. The summed E-state index contributed by atoms with van der Waals surface area (Å²) < 4.78 is 0. The minimum absolute atomic E-state index is 0.0197. The standard InChI is InChI=1S/C24H30N4O7.C2H6/c1-2-3-4-28-8-10-7-13(25)11-5-9-6-12-17(26)20(31)16(23(27)34)22(33)24(12,35)21(32)14(9)19(30)15(11)18(10)29;1-2/h7,9,12,17,28-30,33,35H,2-6,8,25-26H2,1H3,(H2,27,34);1-2H3/t9?,12-,17?,24-;/m0./s1. The molecule has 0 aromatic heterocycles. The number of phenols is 1. The molecule has 11 heteroatoms. The molecule has 1 fully saturated rings. The number of aliphatic hydroxyl groups is 3. The lowest BCUT2D eigenvalue weighted by Gasteiger charge is -2.48. The van der Waals surface area contributed by atoms with Crippen LogP contribution in [0.15, 0.2) is 23.0 Å². The number of nitrogen functional groups attached to an aromatic ring is 1. The molecule has 0 heterocycles. The van der Waals surface area contributed by atoms with E-state index in [4.69, 9.17) is 17.2 Å². The van der Waals surface area contributed by atoms with Crippen molar-refractivity contribution in [2.45, 2.75) is 64.6 Å². The first kappa shape index (κ1) is 28.2. The summed E-state index contributed by atoms with van der Waals surface area (Å²) >= 11 is 0. The van der Waals surface area contributed by atoms with Gasteiger partial charge in [0.2, 0.25) is 5.78 Å². The molecule has 202 valence electrons. The number of anilines is 1. The fourth-order valence-electron chi connectivity index (χ4n) is 5.53. The Labute approximate surface area is 215 Å². The number of amides is 1. The Morgan fingerprint density at radius 2 is 1.86 bits per heavy atom. The molecule has 3 aliphatic rings. The van der Waals surface area contributed by atoms with Crippen molar-refractivity contribution in [1.82, 2.24) is 5.32 Å². The lowest BCUT2D eigenvalue weighted by atomic mass is 9.58. The van der Waals surface area contributed by atoms with E-state index in [9.17, 15) is 34.8 Å². The van der Waals surface area contributed by atoms with E-state index < -0.39 is 58.0 Å². The number of aliphatic hydroxyl groups excluding tert-OH is 2. The van der Waals surface area contributed by atoms with Crippen LogP contribution in [0.25, 0.3) is 5.76 Å². The number of hydrogen-bond donors (Lipinski definition) is 8. The van der Waals surface area contributed by atoms with Crippen molar-refractivity contribution in [1.29, 1.82) is 0 Å². The summed E-state index contributed by atoms with van der Waals surface area (Å²) in [5.74, 6) is -7.36. The van der Waals surface area contributed by atoms with E-state index in [0.717, 1.165) is 12.8 Å². The van der Waals surface area contributed by atoms with E-state index in [2.05, 4.69) is 5.32 Å². The first-order chi connectivity index (χ1) is 17.5. The predicted octanol–water partition coefficient (Wildman–Crippen LogP) is 0.859. The molecule has 4 atom stereocenters. The number of carbonyl (C=O) groups excluding carboxylic acids is 3. The van der Waals surface area contributed by atoms with Crippen LogP contribution >= 0.6 is 0 Å². The summed E-state index contributed by atoms with van der Waals surface area (Å²) in [6, 6.07) is 0.130. The van der Waals surface area contributed by atoms with Crippen LogP contribution in [0.4, 0.5) is 5.69 Å². The van der Waals surface area contributed by atoms with Gasteiger partial charge in [0.25, 0.3) is 5.91 Å². The number of nitrogens with one attached hydrogen (secondary N) is 1. The van der Waals surface area contributed by atoms with E-state index >= 15 is 0 Å². The molecule has 37 heavy (non-hydrogen) atoms. The zero-order chi connectivity index (χ0) is 27.8. The van der Waals surface area contributed by atoms with Crippen LogP contribution in [0, 0.1) is 11.8 Å². The molecule has 2 unspecified atom stereocenters. The van der Waals surface area contributed by atoms with Crippen LogP contribution in [0.2, 0.25) is 0 Å². The quantitative estimate of drug-likeness (QED) is 0.115. The topological polar surface area (TPSA) is 222 Å². The van der Waals surface area contributed by atoms with Gasteiger partial charge in [-0.25, -0.2) is 0 Å². The molecule has 3 aliphatic carbocycles. The highest BCUT2D eigenvalue weighted by atomic mass is 16.3. The highest BCUT2D eigenvalue weighted by Gasteiger charge is 2.63. The van der Waals surface area contributed by atoms with Crippen molar-refractivity contribution in [2.24, 2.45) is 23.3 Å². The van der Waals surface area contributed by atoms with Crippen molar-refractivity contribution < 1.29 is 34.8 Å². The summed E-state index contributed by atoms with van der Waals surface area (Å²) in [6.07, 6.45) is 1.98. The smallest absolute Gasteiger partial charge is 0.255 e. The Morgan fingerprint density at radius 1 is 1.22 bits per heavy atom. The van der Waals surface area contributed by atoms with Crippen LogP contribution < -0.4 is 22.5 Å². The minimum atomic E-state index is -2.73. The van der Waals surface area contributed by atoms with Gasteiger partial charge in [0.1, 0.15) is 22.8 Å². The number of fused-ring (bicyclic) bond motifs is 3. The number of phenolic OH excluding ortho intramolecular Hbond substituents is 1. The first-order valence-electron chi connectivity index (χ1n) is 12.5. The second-order valence-corrected chi connectivity index (χ2v) is 9.44. The van der Waals surface area contributed by atoms with Crippen LogP contribution in [-0.2, 0) is 27.3 Å². The molecule has 0 aliphatic heterocycles. The lowest BCUT2D eigenvalue weighted by Crippen LogP contribution is -2.65. The third-order valence-electron chi connectivity index (χ3n) is 7.39. The fourth-order valence-corrected chi connectivity index (χ4v) is 5.53. The van der Waals surface area contributed by atoms with Crippen molar-refractivity contribution in [3.8, 4) is 5.75 Å². The maximum atomic E-state index is 13.6. The van der Waals surface area contributed by atoms with Gasteiger partial charge in [0, 0.05) is 29.3 Å². The van der Waals surface area contributed by atoms with Crippen molar-refractivity contribution >= 4 is 28.9 Å². The maximum Gasteiger partial charge on any atom is 0.255 e. The SMILES string of the molecule is CC.CCCCNCc1cc(N)c2c(c1O)C(O)=C1C(=O)[C@]3(O)C(O)=C(C(N)=O)C(=O)C(N)[C@@H]3CC1C2. The van der Waals surface area contributed by atoms with Crippen LogP contribution in [0.5, 0.6) is 5.75 Å². The van der Waals surface area contributed by atoms with E-state index in [-0.39, 0.29) is 36.3 Å². The Kier molecular flexibility index (Phi) is 8.01. The Morgan fingerprint density at radius 3 is 2.46 bits per heavy atom. The number of carbonyl (C=O) groups is 3. The Bertz CT molecular complexity index is 1210. The van der Waals surface area contributed by atoms with E-state index in [1.54, 1.807) is 6.07 Å². The molecule has 11 nitrogen and oxygen atoms in total. The van der Waals surface area contributed by atoms with Gasteiger partial charge >= 0.3 is 0 Å². The molecule has 0 saturated heterocycles. The van der Waals surface area contributed by atoms with Crippen LogP contribution in [-0.4, -0.2) is 56.1 Å². The number of aromatic hydroxyl groups is 1. The third-order valence-corrected chi connectivity index (χ3v) is 7.39. The minimum Gasteiger partial charge on any atom is -0.508 e. The van der Waals surface area contributed by atoms with Gasteiger partial charge in [-0.3, -0.25) is 14.4 Å². The number of rotatable bonds is 6. The first-order valence-corrected chi connectivity index (χ1v) is 12.5. The average molecular weight is 517 g/mol. The van der Waals surface area contributed by atoms with Gasteiger partial charge in [-0.05, 0) is 43.4 Å². The fraction of sp³-hybridized carbons (Fsp3) is 0.500. The van der Waals surface area contributed by atoms with Gasteiger partial charge in [0.05, 0.1) is 11.6 Å². The molecule has 0 spiro atoms. The van der Waals surface area contributed by atoms with Gasteiger partial charge in [-0.15, -0.1) is 0 Å². The molecular weight excluding hydrogens is 480 g/mol. The Hall–Kier alpha value is -3.41. The molecular formula is C26H36N4O7. The monoisotopic (exact) mass is 516 g/mol. The van der Waals surface area contributed by atoms with Gasteiger partial charge in [-0.2, -0.15) is 0 Å². The molecule has 1 amide bonds. The highest BCUT2D eigenvalue weighted by molar-refractivity contribution is 6.24. The molecule has 4 rings (SSSR count). The summed E-state index contributed by atoms with van der Waals surface area (Å²) in [4.78, 5) is 38.0. The average Bonchev–Trinajstić information content (AvgIpc) is 2.86. The Balaban J connectivity index is 0.00000186. The number of ketones is 2. The maximum absolute atomic E-state index is 13.6. The highest BCUT2D eigenvalue weighted by Crippen LogP contribution is 2.52. The second kappa shape index (κ2) is 10.5. The zero-order valence-electron chi connectivity index (χ0n) is 21.3. The van der Waals surface area contributed by atoms with Crippen LogP contribution in [0.3, 0.4) is 0 Å². The number of unbranched alkanes of at least 4 members (excludes halogenated alkanes) is 1. The zero-order valence-corrected chi connectivity index (χ0v) is 21.3. The number of primary amides is 1. The normalized spacial score (nSPS) is 26.7. The van der Waals surface area contributed by atoms with E-state index in [1.807, 2.05) is 20.8 Å². The van der Waals surface area contributed by atoms with Gasteiger partial charge in [-0.1, -0.05) is 27.2 Å². The summed E-state index contributed by atoms with van der Waals surface area (Å²) in [5, 5.41) is 47.3. The van der Waals surface area contributed by atoms with Gasteiger partial charge < -0.3 is 42.9 Å². The number of Topliss-reactive ketones (excluding diaryl/α,β-unsaturated/α-hetero) is 2. The van der Waals surface area contributed by atoms with Crippen molar-refractivity contribution in [2.75, 3.05) is 12.3 Å². The summed E-state index contributed by atoms with van der Waals surface area (Å²) in [7, 11) is 0. The predicted molar refractivity (Wildman–Crippen MR) is 137 cm³/mol. The second-order valence-electron chi connectivity index (χ2n) is 9.44. The van der Waals surface area contributed by atoms with Crippen molar-refractivity contribution in [3.63, 3.8) is 0 Å². The van der Waals surface area contributed by atoms with E-state index in [1.165, 1.54) is 0 Å². The van der Waals surface area contributed by atoms with Crippen LogP contribution in [0.1, 0.15) is 56.7 Å². The summed E-state index contributed by atoms with van der Waals surface area (Å²) in [6.45, 7) is 7.03. The number of hydrogen-bond acceptors (Lipinski definition) is 10. The molecule has 1 aromatic carbocycles. The van der Waals surface area contributed by atoms with Crippen molar-refractivity contribution in [3.05, 3.63) is 39.7 Å². The lowest BCUT2D eigenvalue weighted by molar-refractivity contribution is -0.149. The largest absolute Gasteiger partial charge is 0.508 e. The molecule has 0 bridgehead atoms.